The number of thiophene rings is 1. The molecule has 0 bridgehead atoms. The Labute approximate surface area is 89.0 Å². The largest absolute Gasteiger partial charge is 0.463 e. The zero-order valence-corrected chi connectivity index (χ0v) is 9.33. The summed E-state index contributed by atoms with van der Waals surface area (Å²) < 4.78 is 12.0. The van der Waals surface area contributed by atoms with Gasteiger partial charge in [-0.1, -0.05) is 0 Å². The number of esters is 1. The summed E-state index contributed by atoms with van der Waals surface area (Å²) in [5.74, 6) is -0.166. The molecule has 2 rings (SSSR count). The molecular weight excluding hydrogens is 220 g/mol. The third-order valence-electron chi connectivity index (χ3n) is 1.77. The van der Waals surface area contributed by atoms with Crippen LogP contribution in [0.4, 0.5) is 0 Å². The predicted octanol–water partition coefficient (Wildman–Crippen LogP) is 3.00. The van der Waals surface area contributed by atoms with Gasteiger partial charge in [0.2, 0.25) is 5.76 Å². The highest BCUT2D eigenvalue weighted by Crippen LogP contribution is 2.33. The number of carbonyl (C=O) groups excluding carboxylic acids is 1. The van der Waals surface area contributed by atoms with Crippen LogP contribution in [0.2, 0.25) is 0 Å². The Hall–Kier alpha value is -0.940. The highest BCUT2D eigenvalue weighted by Gasteiger charge is 2.14. The molecule has 3 nitrogen and oxygen atoms in total. The van der Waals surface area contributed by atoms with Gasteiger partial charge in [0.15, 0.2) is 0 Å². The molecule has 0 saturated heterocycles. The Balaban J connectivity index is 2.44. The summed E-state index contributed by atoms with van der Waals surface area (Å²) in [7, 11) is 1.34. The summed E-state index contributed by atoms with van der Waals surface area (Å²) in [6, 6.07) is 3.64. The van der Waals surface area contributed by atoms with E-state index in [-0.39, 0.29) is 5.76 Å². The minimum Gasteiger partial charge on any atom is -0.463 e. The van der Waals surface area contributed by atoms with Crippen LogP contribution in [0.3, 0.4) is 0 Å². The van der Waals surface area contributed by atoms with Gasteiger partial charge in [0.1, 0.15) is 5.58 Å². The molecule has 0 unspecified atom stereocenters. The van der Waals surface area contributed by atoms with E-state index in [1.807, 2.05) is 12.3 Å². The second kappa shape index (κ2) is 3.67. The molecule has 0 radical (unpaired) electrons. The van der Waals surface area contributed by atoms with E-state index in [0.29, 0.717) is 0 Å². The van der Waals surface area contributed by atoms with Crippen molar-refractivity contribution in [1.29, 1.82) is 0 Å². The number of hydrogen-bond donors (Lipinski definition) is 0. The molecule has 5 heteroatoms. The van der Waals surface area contributed by atoms with Gasteiger partial charge in [-0.15, -0.1) is 23.1 Å². The number of ether oxygens (including phenoxy) is 1. The molecule has 2 heterocycles. The van der Waals surface area contributed by atoms with Crippen LogP contribution in [0.15, 0.2) is 20.8 Å². The zero-order chi connectivity index (χ0) is 10.1. The molecule has 2 aromatic rings. The van der Waals surface area contributed by atoms with E-state index in [2.05, 4.69) is 4.74 Å². The third-order valence-corrected chi connectivity index (χ3v) is 3.90. The summed E-state index contributed by atoms with van der Waals surface area (Å²) >= 11 is 3.27. The maximum Gasteiger partial charge on any atom is 0.374 e. The van der Waals surface area contributed by atoms with Gasteiger partial charge in [-0.25, -0.2) is 4.79 Å². The summed E-state index contributed by atoms with van der Waals surface area (Å²) in [6.07, 6.45) is 2.01. The Morgan fingerprint density at radius 2 is 2.36 bits per heavy atom. The average molecular weight is 228 g/mol. The predicted molar refractivity (Wildman–Crippen MR) is 57.2 cm³/mol. The maximum atomic E-state index is 11.1. The van der Waals surface area contributed by atoms with Gasteiger partial charge in [-0.2, -0.15) is 0 Å². The highest BCUT2D eigenvalue weighted by molar-refractivity contribution is 8.00. The number of thioether (sulfide) groups is 1. The van der Waals surface area contributed by atoms with Crippen LogP contribution in [0.5, 0.6) is 0 Å². The van der Waals surface area contributed by atoms with Gasteiger partial charge in [-0.05, 0) is 6.26 Å². The summed E-state index contributed by atoms with van der Waals surface area (Å²) in [5.41, 5.74) is 0.750. The van der Waals surface area contributed by atoms with Crippen molar-refractivity contribution >= 4 is 39.4 Å². The first-order chi connectivity index (χ1) is 6.74. The molecule has 2 aromatic heterocycles. The first-order valence-electron chi connectivity index (χ1n) is 3.90. The van der Waals surface area contributed by atoms with E-state index in [0.717, 1.165) is 10.3 Å². The smallest absolute Gasteiger partial charge is 0.374 e. The van der Waals surface area contributed by atoms with E-state index in [1.165, 1.54) is 11.3 Å². The molecular formula is C9H8O3S2. The Morgan fingerprint density at radius 1 is 1.57 bits per heavy atom. The fourth-order valence-corrected chi connectivity index (χ4v) is 2.69. The molecule has 0 atom stereocenters. The molecule has 0 aliphatic carbocycles. The number of methoxy groups -OCH3 is 1. The molecule has 0 spiro atoms. The van der Waals surface area contributed by atoms with Gasteiger partial charge in [0, 0.05) is 12.1 Å². The first-order valence-corrected chi connectivity index (χ1v) is 5.94. The minimum absolute atomic E-state index is 0.265. The van der Waals surface area contributed by atoms with E-state index in [9.17, 15) is 4.79 Å². The van der Waals surface area contributed by atoms with Crippen LogP contribution >= 0.6 is 23.1 Å². The normalized spacial score (nSPS) is 10.7. The van der Waals surface area contributed by atoms with Crippen LogP contribution in [0, 0.1) is 0 Å². The lowest BCUT2D eigenvalue weighted by molar-refractivity contribution is 0.0567. The fraction of sp³-hybridized carbons (Fsp3) is 0.222. The lowest BCUT2D eigenvalue weighted by Gasteiger charge is -1.91. The summed E-state index contributed by atoms with van der Waals surface area (Å²) in [4.78, 5) is 11.1. The molecule has 0 aliphatic heterocycles. The fourth-order valence-electron chi connectivity index (χ4n) is 1.12. The minimum atomic E-state index is -0.431. The number of rotatable bonds is 2. The lowest BCUT2D eigenvalue weighted by atomic mass is 10.4. The van der Waals surface area contributed by atoms with Gasteiger partial charge in [-0.3, -0.25) is 0 Å². The van der Waals surface area contributed by atoms with Gasteiger partial charge >= 0.3 is 5.97 Å². The molecule has 14 heavy (non-hydrogen) atoms. The molecule has 0 amide bonds. The van der Waals surface area contributed by atoms with Crippen molar-refractivity contribution in [3.05, 3.63) is 17.9 Å². The molecule has 74 valence electrons. The van der Waals surface area contributed by atoms with Crippen LogP contribution < -0.4 is 0 Å². The van der Waals surface area contributed by atoms with Crippen LogP contribution in [-0.4, -0.2) is 19.3 Å². The number of carbonyl (C=O) groups is 1. The summed E-state index contributed by atoms with van der Waals surface area (Å²) in [5, 5.41) is 0. The number of furan rings is 1. The van der Waals surface area contributed by atoms with E-state index >= 15 is 0 Å². The molecule has 0 aliphatic rings. The van der Waals surface area contributed by atoms with Gasteiger partial charge in [0.25, 0.3) is 0 Å². The second-order valence-electron chi connectivity index (χ2n) is 2.60. The average Bonchev–Trinajstić information content (AvgIpc) is 2.72. The van der Waals surface area contributed by atoms with Crippen LogP contribution in [0.25, 0.3) is 10.3 Å². The molecule has 0 saturated carbocycles. The first kappa shape index (κ1) is 9.61. The van der Waals surface area contributed by atoms with Crippen molar-refractivity contribution < 1.29 is 13.9 Å². The van der Waals surface area contributed by atoms with Gasteiger partial charge in [0.05, 0.1) is 16.0 Å². The number of hydrogen-bond acceptors (Lipinski definition) is 5. The third kappa shape index (κ3) is 1.53. The molecule has 0 aromatic carbocycles. The van der Waals surface area contributed by atoms with Crippen molar-refractivity contribution in [2.75, 3.05) is 13.4 Å². The van der Waals surface area contributed by atoms with Crippen molar-refractivity contribution in [2.45, 2.75) is 4.21 Å². The van der Waals surface area contributed by atoms with Crippen molar-refractivity contribution in [2.24, 2.45) is 0 Å². The van der Waals surface area contributed by atoms with E-state index < -0.39 is 5.97 Å². The van der Waals surface area contributed by atoms with Crippen LogP contribution in [0.1, 0.15) is 10.6 Å². The Morgan fingerprint density at radius 3 is 2.93 bits per heavy atom. The van der Waals surface area contributed by atoms with Crippen molar-refractivity contribution in [3.63, 3.8) is 0 Å². The highest BCUT2D eigenvalue weighted by atomic mass is 32.2. The Bertz CT molecular complexity index is 438. The summed E-state index contributed by atoms with van der Waals surface area (Å²) in [6.45, 7) is 0. The monoisotopic (exact) mass is 228 g/mol. The topological polar surface area (TPSA) is 39.4 Å². The number of fused-ring (bicyclic) bond motifs is 1. The standard InChI is InChI=1S/C9H8O3S2/c1-11-9(10)6-3-7-5(12-6)4-8(13-2)14-7/h3-4H,1-2H3. The molecule has 0 fully saturated rings. The lowest BCUT2D eigenvalue weighted by Crippen LogP contribution is -1.97. The van der Waals surface area contributed by atoms with Crippen LogP contribution in [-0.2, 0) is 4.74 Å². The van der Waals surface area contributed by atoms with E-state index in [1.54, 1.807) is 29.2 Å². The van der Waals surface area contributed by atoms with E-state index in [4.69, 9.17) is 4.42 Å². The van der Waals surface area contributed by atoms with Gasteiger partial charge < -0.3 is 9.15 Å². The quantitative estimate of drug-likeness (QED) is 0.585. The van der Waals surface area contributed by atoms with Crippen molar-refractivity contribution in [3.8, 4) is 0 Å². The second-order valence-corrected chi connectivity index (χ2v) is 4.79. The SMILES string of the molecule is COC(=O)c1cc2sc(SC)cc2o1. The zero-order valence-electron chi connectivity index (χ0n) is 7.70. The maximum absolute atomic E-state index is 11.1. The van der Waals surface area contributed by atoms with Crippen molar-refractivity contribution in [1.82, 2.24) is 0 Å². The Kier molecular flexibility index (Phi) is 2.52. The molecule has 0 N–H and O–H groups in total.